The first-order chi connectivity index (χ1) is 10.5. The Balaban J connectivity index is 1.89. The van der Waals surface area contributed by atoms with E-state index in [-0.39, 0.29) is 12.5 Å². The van der Waals surface area contributed by atoms with Crippen LogP contribution in [0.2, 0.25) is 0 Å². The van der Waals surface area contributed by atoms with Gasteiger partial charge in [-0.1, -0.05) is 17.7 Å². The van der Waals surface area contributed by atoms with Crippen LogP contribution in [0.15, 0.2) is 36.5 Å². The van der Waals surface area contributed by atoms with Crippen LogP contribution in [0.3, 0.4) is 0 Å². The Morgan fingerprint density at radius 1 is 1.14 bits per heavy atom. The van der Waals surface area contributed by atoms with E-state index in [1.807, 2.05) is 39.0 Å². The van der Waals surface area contributed by atoms with Crippen LogP contribution in [-0.4, -0.2) is 23.5 Å². The van der Waals surface area contributed by atoms with E-state index in [4.69, 9.17) is 4.74 Å². The lowest BCUT2D eigenvalue weighted by atomic mass is 10.1. The molecule has 2 rings (SSSR count). The fraction of sp³-hybridized carbons (Fsp3) is 0.235. The second kappa shape index (κ2) is 6.85. The molecule has 1 aromatic heterocycles. The molecule has 0 aliphatic heterocycles. The molecule has 0 spiro atoms. The third-order valence-electron chi connectivity index (χ3n) is 3.14. The Bertz CT molecular complexity index is 694. The first kappa shape index (κ1) is 15.7. The topological polar surface area (TPSA) is 68.3 Å². The molecule has 0 saturated carbocycles. The van der Waals surface area contributed by atoms with Crippen LogP contribution in [0.5, 0.6) is 0 Å². The van der Waals surface area contributed by atoms with Crippen LogP contribution < -0.4 is 5.32 Å². The summed E-state index contributed by atoms with van der Waals surface area (Å²) in [5, 5.41) is 2.72. The standard InChI is InChI=1S/C17H18N2O3/c1-11-4-7-15(12(2)8-11)19-16(20)10-22-17(21)14-6-5-13(3)18-9-14/h4-9H,10H2,1-3H3,(H,19,20). The van der Waals surface area contributed by atoms with E-state index in [0.717, 1.165) is 16.8 Å². The number of amides is 1. The Kier molecular flexibility index (Phi) is 4.88. The van der Waals surface area contributed by atoms with Gasteiger partial charge in [-0.3, -0.25) is 9.78 Å². The minimum atomic E-state index is -0.566. The van der Waals surface area contributed by atoms with Gasteiger partial charge in [0.1, 0.15) is 0 Å². The number of ether oxygens (including phenoxy) is 1. The van der Waals surface area contributed by atoms with Crippen LogP contribution >= 0.6 is 0 Å². The van der Waals surface area contributed by atoms with Crippen LogP contribution in [0.1, 0.15) is 27.2 Å². The lowest BCUT2D eigenvalue weighted by Gasteiger charge is -2.09. The second-order valence-corrected chi connectivity index (χ2v) is 5.13. The lowest BCUT2D eigenvalue weighted by Crippen LogP contribution is -2.21. The van der Waals surface area contributed by atoms with E-state index >= 15 is 0 Å². The number of rotatable bonds is 4. The molecular weight excluding hydrogens is 280 g/mol. The fourth-order valence-corrected chi connectivity index (χ4v) is 1.94. The number of nitrogens with one attached hydrogen (secondary N) is 1. The number of hydrogen-bond acceptors (Lipinski definition) is 4. The predicted octanol–water partition coefficient (Wildman–Crippen LogP) is 2.80. The van der Waals surface area contributed by atoms with Crippen molar-refractivity contribution in [3.05, 3.63) is 58.9 Å². The molecule has 1 aromatic carbocycles. The van der Waals surface area contributed by atoms with Gasteiger partial charge in [0.2, 0.25) is 0 Å². The Morgan fingerprint density at radius 2 is 1.91 bits per heavy atom. The van der Waals surface area contributed by atoms with Crippen molar-refractivity contribution < 1.29 is 14.3 Å². The fourth-order valence-electron chi connectivity index (χ4n) is 1.94. The molecule has 1 heterocycles. The molecule has 0 aliphatic carbocycles. The Labute approximate surface area is 129 Å². The van der Waals surface area contributed by atoms with Crippen molar-refractivity contribution in [3.63, 3.8) is 0 Å². The van der Waals surface area contributed by atoms with Crippen LogP contribution in [0, 0.1) is 20.8 Å². The highest BCUT2D eigenvalue weighted by atomic mass is 16.5. The molecule has 0 radical (unpaired) electrons. The van der Waals surface area contributed by atoms with Gasteiger partial charge in [0, 0.05) is 17.6 Å². The van der Waals surface area contributed by atoms with Crippen molar-refractivity contribution >= 4 is 17.6 Å². The van der Waals surface area contributed by atoms with Gasteiger partial charge in [-0.05, 0) is 44.5 Å². The maximum Gasteiger partial charge on any atom is 0.340 e. The molecule has 1 N–H and O–H groups in total. The second-order valence-electron chi connectivity index (χ2n) is 5.13. The zero-order valence-electron chi connectivity index (χ0n) is 12.8. The summed E-state index contributed by atoms with van der Waals surface area (Å²) in [6.07, 6.45) is 1.43. The summed E-state index contributed by atoms with van der Waals surface area (Å²) in [7, 11) is 0. The average molecular weight is 298 g/mol. The number of aromatic nitrogens is 1. The summed E-state index contributed by atoms with van der Waals surface area (Å²) >= 11 is 0. The largest absolute Gasteiger partial charge is 0.452 e. The van der Waals surface area contributed by atoms with Gasteiger partial charge in [0.05, 0.1) is 5.56 Å². The van der Waals surface area contributed by atoms with Gasteiger partial charge in [0.15, 0.2) is 6.61 Å². The van der Waals surface area contributed by atoms with Gasteiger partial charge in [-0.25, -0.2) is 4.79 Å². The van der Waals surface area contributed by atoms with Crippen LogP contribution in [0.25, 0.3) is 0 Å². The maximum absolute atomic E-state index is 11.8. The molecule has 5 nitrogen and oxygen atoms in total. The average Bonchev–Trinajstić information content (AvgIpc) is 2.48. The van der Waals surface area contributed by atoms with Crippen LogP contribution in [-0.2, 0) is 9.53 Å². The first-order valence-corrected chi connectivity index (χ1v) is 6.92. The van der Waals surface area contributed by atoms with E-state index in [1.54, 1.807) is 12.1 Å². The van der Waals surface area contributed by atoms with Gasteiger partial charge in [-0.15, -0.1) is 0 Å². The highest BCUT2D eigenvalue weighted by Crippen LogP contribution is 2.15. The minimum Gasteiger partial charge on any atom is -0.452 e. The van der Waals surface area contributed by atoms with Crippen molar-refractivity contribution in [3.8, 4) is 0 Å². The van der Waals surface area contributed by atoms with E-state index in [2.05, 4.69) is 10.3 Å². The third kappa shape index (κ3) is 4.15. The van der Waals surface area contributed by atoms with Crippen LogP contribution in [0.4, 0.5) is 5.69 Å². The predicted molar refractivity (Wildman–Crippen MR) is 83.8 cm³/mol. The molecule has 0 fully saturated rings. The monoisotopic (exact) mass is 298 g/mol. The van der Waals surface area contributed by atoms with E-state index in [9.17, 15) is 9.59 Å². The first-order valence-electron chi connectivity index (χ1n) is 6.92. The Morgan fingerprint density at radius 3 is 2.55 bits per heavy atom. The molecular formula is C17H18N2O3. The van der Waals surface area contributed by atoms with Gasteiger partial charge in [0.25, 0.3) is 5.91 Å². The molecule has 5 heteroatoms. The molecule has 0 aliphatic rings. The molecule has 0 saturated heterocycles. The van der Waals surface area contributed by atoms with E-state index in [0.29, 0.717) is 11.3 Å². The van der Waals surface area contributed by atoms with Gasteiger partial charge < -0.3 is 10.1 Å². The number of benzene rings is 1. The highest BCUT2D eigenvalue weighted by molar-refractivity contribution is 5.95. The summed E-state index contributed by atoms with van der Waals surface area (Å²) in [4.78, 5) is 27.6. The SMILES string of the molecule is Cc1ccc(NC(=O)COC(=O)c2ccc(C)nc2)c(C)c1. The molecule has 0 atom stereocenters. The highest BCUT2D eigenvalue weighted by Gasteiger charge is 2.11. The van der Waals surface area contributed by atoms with Crippen molar-refractivity contribution in [1.29, 1.82) is 0 Å². The van der Waals surface area contributed by atoms with Crippen molar-refractivity contribution in [2.24, 2.45) is 0 Å². The number of carbonyl (C=O) groups excluding carboxylic acids is 2. The van der Waals surface area contributed by atoms with Gasteiger partial charge in [-0.2, -0.15) is 0 Å². The number of carbonyl (C=O) groups is 2. The molecule has 1 amide bonds. The number of aryl methyl sites for hydroxylation is 3. The summed E-state index contributed by atoms with van der Waals surface area (Å²) in [5.41, 5.74) is 3.92. The summed E-state index contributed by atoms with van der Waals surface area (Å²) in [5.74, 6) is -0.941. The van der Waals surface area contributed by atoms with E-state index in [1.165, 1.54) is 6.20 Å². The maximum atomic E-state index is 11.8. The third-order valence-corrected chi connectivity index (χ3v) is 3.14. The summed E-state index contributed by atoms with van der Waals surface area (Å²) < 4.78 is 4.97. The van der Waals surface area contributed by atoms with Crippen molar-refractivity contribution in [2.45, 2.75) is 20.8 Å². The number of pyridine rings is 1. The number of esters is 1. The smallest absolute Gasteiger partial charge is 0.340 e. The Hall–Kier alpha value is -2.69. The number of anilines is 1. The summed E-state index contributed by atoms with van der Waals surface area (Å²) in [6, 6.07) is 9.04. The van der Waals surface area contributed by atoms with Gasteiger partial charge >= 0.3 is 5.97 Å². The zero-order valence-corrected chi connectivity index (χ0v) is 12.8. The number of nitrogens with zero attached hydrogens (tertiary/aromatic N) is 1. The summed E-state index contributed by atoms with van der Waals surface area (Å²) in [6.45, 7) is 5.38. The molecule has 2 aromatic rings. The normalized spacial score (nSPS) is 10.1. The minimum absolute atomic E-state index is 0.324. The quantitative estimate of drug-likeness (QED) is 0.881. The number of hydrogen-bond donors (Lipinski definition) is 1. The molecule has 0 unspecified atom stereocenters. The lowest BCUT2D eigenvalue weighted by molar-refractivity contribution is -0.119. The zero-order chi connectivity index (χ0) is 16.1. The molecule has 0 bridgehead atoms. The van der Waals surface area contributed by atoms with E-state index < -0.39 is 5.97 Å². The molecule has 22 heavy (non-hydrogen) atoms. The molecule has 114 valence electrons. The van der Waals surface area contributed by atoms with Crippen molar-refractivity contribution in [1.82, 2.24) is 4.98 Å². The van der Waals surface area contributed by atoms with Crippen molar-refractivity contribution in [2.75, 3.05) is 11.9 Å².